The Kier molecular flexibility index (Phi) is 4.08. The third-order valence-electron chi connectivity index (χ3n) is 2.88. The predicted octanol–water partition coefficient (Wildman–Crippen LogP) is 3.49. The lowest BCUT2D eigenvalue weighted by molar-refractivity contribution is 0.250. The van der Waals surface area contributed by atoms with E-state index in [0.717, 1.165) is 28.3 Å². The topological polar surface area (TPSA) is 67.2 Å². The summed E-state index contributed by atoms with van der Waals surface area (Å²) in [6.07, 6.45) is 0. The van der Waals surface area contributed by atoms with Crippen molar-refractivity contribution < 1.29 is 9.32 Å². The highest BCUT2D eigenvalue weighted by Gasteiger charge is 2.11. The Labute approximate surface area is 118 Å². The first kappa shape index (κ1) is 14.1. The Balaban J connectivity index is 2.13. The van der Waals surface area contributed by atoms with Crippen LogP contribution in [0.25, 0.3) is 11.1 Å². The number of hydrogen-bond donors (Lipinski definition) is 2. The molecule has 2 amide bonds. The largest absolute Gasteiger partial charge is 0.361 e. The van der Waals surface area contributed by atoms with Gasteiger partial charge in [-0.25, -0.2) is 4.79 Å². The van der Waals surface area contributed by atoms with Crippen molar-refractivity contribution in [2.75, 3.05) is 5.32 Å². The molecule has 2 rings (SSSR count). The Bertz CT molecular complexity index is 581. The Morgan fingerprint density at radius 1 is 1.20 bits per heavy atom. The zero-order chi connectivity index (χ0) is 14.7. The van der Waals surface area contributed by atoms with E-state index in [-0.39, 0.29) is 12.1 Å². The van der Waals surface area contributed by atoms with Crippen molar-refractivity contribution in [2.45, 2.75) is 33.7 Å². The van der Waals surface area contributed by atoms with Crippen LogP contribution in [0.4, 0.5) is 10.5 Å². The van der Waals surface area contributed by atoms with Gasteiger partial charge in [-0.05, 0) is 45.4 Å². The molecule has 0 aliphatic carbocycles. The second kappa shape index (κ2) is 5.77. The van der Waals surface area contributed by atoms with Gasteiger partial charge in [0.25, 0.3) is 0 Å². The summed E-state index contributed by atoms with van der Waals surface area (Å²) in [4.78, 5) is 11.6. The maximum Gasteiger partial charge on any atom is 0.319 e. The highest BCUT2D eigenvalue weighted by atomic mass is 16.5. The van der Waals surface area contributed by atoms with E-state index in [4.69, 9.17) is 4.52 Å². The fourth-order valence-corrected chi connectivity index (χ4v) is 2.04. The molecule has 1 heterocycles. The average molecular weight is 273 g/mol. The van der Waals surface area contributed by atoms with Crippen LogP contribution in [0, 0.1) is 13.8 Å². The third kappa shape index (κ3) is 3.17. The molecule has 0 saturated carbocycles. The summed E-state index contributed by atoms with van der Waals surface area (Å²) in [6.45, 7) is 7.63. The minimum atomic E-state index is -0.204. The summed E-state index contributed by atoms with van der Waals surface area (Å²) in [7, 11) is 0. The van der Waals surface area contributed by atoms with Gasteiger partial charge >= 0.3 is 6.03 Å². The van der Waals surface area contributed by atoms with Crippen LogP contribution in [0.3, 0.4) is 0 Å². The van der Waals surface area contributed by atoms with Crippen LogP contribution in [0.1, 0.15) is 25.3 Å². The van der Waals surface area contributed by atoms with Crippen molar-refractivity contribution in [3.63, 3.8) is 0 Å². The molecular formula is C15H19N3O2. The molecule has 0 fully saturated rings. The van der Waals surface area contributed by atoms with Crippen molar-refractivity contribution in [3.05, 3.63) is 35.7 Å². The van der Waals surface area contributed by atoms with Crippen LogP contribution in [0.2, 0.25) is 0 Å². The molecule has 0 bridgehead atoms. The lowest BCUT2D eigenvalue weighted by atomic mass is 10.0. The smallest absolute Gasteiger partial charge is 0.319 e. The first-order chi connectivity index (χ1) is 9.47. The molecule has 20 heavy (non-hydrogen) atoms. The minimum Gasteiger partial charge on any atom is -0.361 e. The van der Waals surface area contributed by atoms with Crippen LogP contribution in [0.5, 0.6) is 0 Å². The molecule has 0 unspecified atom stereocenters. The first-order valence-electron chi connectivity index (χ1n) is 6.58. The molecule has 1 aromatic heterocycles. The van der Waals surface area contributed by atoms with Gasteiger partial charge in [0.2, 0.25) is 0 Å². The number of aromatic nitrogens is 1. The summed E-state index contributed by atoms with van der Waals surface area (Å²) in [5.41, 5.74) is 3.64. The highest BCUT2D eigenvalue weighted by Crippen LogP contribution is 2.27. The number of urea groups is 1. The zero-order valence-corrected chi connectivity index (χ0v) is 12.2. The maximum atomic E-state index is 11.6. The van der Waals surface area contributed by atoms with Crippen LogP contribution in [-0.2, 0) is 0 Å². The summed E-state index contributed by atoms with van der Waals surface area (Å²) < 4.78 is 5.16. The van der Waals surface area contributed by atoms with E-state index in [1.165, 1.54) is 0 Å². The van der Waals surface area contributed by atoms with E-state index in [9.17, 15) is 4.79 Å². The lowest BCUT2D eigenvalue weighted by Gasteiger charge is -2.10. The summed E-state index contributed by atoms with van der Waals surface area (Å²) in [5.74, 6) is 0.792. The number of nitrogens with zero attached hydrogens (tertiary/aromatic N) is 1. The molecule has 2 N–H and O–H groups in total. The normalized spacial score (nSPS) is 10.7. The number of carbonyl (C=O) groups excluding carboxylic acids is 1. The quantitative estimate of drug-likeness (QED) is 0.899. The van der Waals surface area contributed by atoms with Gasteiger partial charge in [0.05, 0.1) is 5.69 Å². The van der Waals surface area contributed by atoms with Crippen molar-refractivity contribution in [1.82, 2.24) is 10.5 Å². The number of benzene rings is 1. The molecule has 0 aliphatic rings. The second-order valence-corrected chi connectivity index (χ2v) is 5.03. The Hall–Kier alpha value is -2.30. The average Bonchev–Trinajstić information content (AvgIpc) is 2.69. The number of amides is 2. The molecule has 5 heteroatoms. The molecule has 106 valence electrons. The molecule has 0 atom stereocenters. The third-order valence-corrected chi connectivity index (χ3v) is 2.88. The van der Waals surface area contributed by atoms with Crippen molar-refractivity contribution >= 4 is 11.7 Å². The summed E-state index contributed by atoms with van der Waals surface area (Å²) in [6, 6.07) is 7.51. The molecule has 2 aromatic rings. The van der Waals surface area contributed by atoms with Crippen molar-refractivity contribution in [3.8, 4) is 11.1 Å². The minimum absolute atomic E-state index is 0.108. The van der Waals surface area contributed by atoms with Gasteiger partial charge in [0.15, 0.2) is 0 Å². The standard InChI is InChI=1S/C15H19N3O2/c1-9(2)16-15(19)17-13-7-5-12(6-8-13)14-10(3)18-20-11(14)4/h5-9H,1-4H3,(H2,16,17,19). The first-order valence-corrected chi connectivity index (χ1v) is 6.58. The van der Waals surface area contributed by atoms with Crippen LogP contribution >= 0.6 is 0 Å². The summed E-state index contributed by atoms with van der Waals surface area (Å²) in [5, 5.41) is 9.50. The Morgan fingerprint density at radius 2 is 1.85 bits per heavy atom. The maximum absolute atomic E-state index is 11.6. The van der Waals surface area contributed by atoms with Gasteiger partial charge in [-0.15, -0.1) is 0 Å². The van der Waals surface area contributed by atoms with Gasteiger partial charge in [-0.3, -0.25) is 0 Å². The fourth-order valence-electron chi connectivity index (χ4n) is 2.04. The number of rotatable bonds is 3. The predicted molar refractivity (Wildman–Crippen MR) is 78.7 cm³/mol. The monoisotopic (exact) mass is 273 g/mol. The lowest BCUT2D eigenvalue weighted by Crippen LogP contribution is -2.34. The van der Waals surface area contributed by atoms with Gasteiger partial charge in [0, 0.05) is 17.3 Å². The Morgan fingerprint density at radius 3 is 2.35 bits per heavy atom. The number of anilines is 1. The molecule has 0 aliphatic heterocycles. The molecule has 0 spiro atoms. The molecule has 0 saturated heterocycles. The highest BCUT2D eigenvalue weighted by molar-refractivity contribution is 5.89. The van der Waals surface area contributed by atoms with E-state index in [1.807, 2.05) is 52.0 Å². The van der Waals surface area contributed by atoms with E-state index in [2.05, 4.69) is 15.8 Å². The number of aryl methyl sites for hydroxylation is 2. The van der Waals surface area contributed by atoms with Crippen molar-refractivity contribution in [1.29, 1.82) is 0 Å². The van der Waals surface area contributed by atoms with Crippen LogP contribution < -0.4 is 10.6 Å². The second-order valence-electron chi connectivity index (χ2n) is 5.03. The SMILES string of the molecule is Cc1noc(C)c1-c1ccc(NC(=O)NC(C)C)cc1. The van der Waals surface area contributed by atoms with E-state index >= 15 is 0 Å². The number of nitrogens with one attached hydrogen (secondary N) is 2. The molecule has 0 radical (unpaired) electrons. The molecule has 5 nitrogen and oxygen atoms in total. The van der Waals surface area contributed by atoms with E-state index < -0.39 is 0 Å². The summed E-state index contributed by atoms with van der Waals surface area (Å²) >= 11 is 0. The van der Waals surface area contributed by atoms with E-state index in [0.29, 0.717) is 0 Å². The zero-order valence-electron chi connectivity index (χ0n) is 12.2. The fraction of sp³-hybridized carbons (Fsp3) is 0.333. The van der Waals surface area contributed by atoms with Crippen LogP contribution in [-0.4, -0.2) is 17.2 Å². The van der Waals surface area contributed by atoms with E-state index in [1.54, 1.807) is 0 Å². The van der Waals surface area contributed by atoms with Gasteiger partial charge in [0.1, 0.15) is 5.76 Å². The number of carbonyl (C=O) groups is 1. The van der Waals surface area contributed by atoms with Crippen molar-refractivity contribution in [2.24, 2.45) is 0 Å². The van der Waals surface area contributed by atoms with Gasteiger partial charge < -0.3 is 15.2 Å². The molecular weight excluding hydrogens is 254 g/mol. The number of hydrogen-bond acceptors (Lipinski definition) is 3. The van der Waals surface area contributed by atoms with Gasteiger partial charge in [-0.1, -0.05) is 17.3 Å². The molecule has 1 aromatic carbocycles. The van der Waals surface area contributed by atoms with Crippen LogP contribution in [0.15, 0.2) is 28.8 Å². The van der Waals surface area contributed by atoms with Gasteiger partial charge in [-0.2, -0.15) is 0 Å².